The Hall–Kier alpha value is -0.860. The van der Waals surface area contributed by atoms with Crippen LogP contribution in [0.5, 0.6) is 0 Å². The van der Waals surface area contributed by atoms with Gasteiger partial charge in [0.25, 0.3) is 0 Å². The lowest BCUT2D eigenvalue weighted by molar-refractivity contribution is 0.554. The van der Waals surface area contributed by atoms with E-state index in [1.807, 2.05) is 11.7 Å². The summed E-state index contributed by atoms with van der Waals surface area (Å²) in [4.78, 5) is 0. The molecule has 0 saturated carbocycles. The van der Waals surface area contributed by atoms with Crippen molar-refractivity contribution in [2.24, 2.45) is 7.05 Å². The van der Waals surface area contributed by atoms with Crippen LogP contribution in [0.4, 0.5) is 0 Å². The summed E-state index contributed by atoms with van der Waals surface area (Å²) < 4.78 is 1.88. The van der Waals surface area contributed by atoms with Gasteiger partial charge < -0.3 is 0 Å². The molecule has 0 aliphatic carbocycles. The van der Waals surface area contributed by atoms with Gasteiger partial charge in [0.15, 0.2) is 0 Å². The van der Waals surface area contributed by atoms with Crippen LogP contribution >= 0.6 is 0 Å². The van der Waals surface area contributed by atoms with Gasteiger partial charge in [0.2, 0.25) is 0 Å². The van der Waals surface area contributed by atoms with Crippen molar-refractivity contribution in [3.8, 4) is 0 Å². The summed E-state index contributed by atoms with van der Waals surface area (Å²) in [5, 5.41) is 8.29. The van der Waals surface area contributed by atoms with Crippen molar-refractivity contribution < 1.29 is 0 Å². The van der Waals surface area contributed by atoms with E-state index < -0.39 is 0 Å². The van der Waals surface area contributed by atoms with Gasteiger partial charge in [-0.25, -0.2) is 0 Å². The zero-order chi connectivity index (χ0) is 10.2. The highest BCUT2D eigenvalue weighted by Crippen LogP contribution is 2.27. The Morgan fingerprint density at radius 3 is 2.08 bits per heavy atom. The molecule has 0 amide bonds. The monoisotopic (exact) mass is 181 g/mol. The maximum absolute atomic E-state index is 4.22. The summed E-state index contributed by atoms with van der Waals surface area (Å²) in [7, 11) is 1.96. The van der Waals surface area contributed by atoms with Crippen molar-refractivity contribution in [1.82, 2.24) is 15.0 Å². The molecule has 0 spiro atoms. The topological polar surface area (TPSA) is 30.7 Å². The SMILES string of the molecule is CC(C)c1c(C(C)(C)C)nnn1C. The van der Waals surface area contributed by atoms with Gasteiger partial charge in [0.05, 0.1) is 11.4 Å². The third-order valence-corrected chi connectivity index (χ3v) is 2.13. The molecule has 13 heavy (non-hydrogen) atoms. The highest BCUT2D eigenvalue weighted by Gasteiger charge is 2.24. The predicted octanol–water partition coefficient (Wildman–Crippen LogP) is 2.24. The van der Waals surface area contributed by atoms with Gasteiger partial charge in [-0.2, -0.15) is 0 Å². The van der Waals surface area contributed by atoms with Crippen molar-refractivity contribution in [3.05, 3.63) is 11.4 Å². The van der Waals surface area contributed by atoms with Crippen molar-refractivity contribution in [1.29, 1.82) is 0 Å². The van der Waals surface area contributed by atoms with Crippen molar-refractivity contribution in [2.75, 3.05) is 0 Å². The second-order valence-corrected chi connectivity index (χ2v) is 4.85. The van der Waals surface area contributed by atoms with Crippen LogP contribution < -0.4 is 0 Å². The standard InChI is InChI=1S/C10H19N3/c1-7(2)8-9(10(3,4)5)11-12-13(8)6/h7H,1-6H3. The summed E-state index contributed by atoms with van der Waals surface area (Å²) in [6.07, 6.45) is 0. The minimum atomic E-state index is 0.0911. The highest BCUT2D eigenvalue weighted by atomic mass is 15.4. The molecular formula is C10H19N3. The fourth-order valence-corrected chi connectivity index (χ4v) is 1.55. The van der Waals surface area contributed by atoms with E-state index in [2.05, 4.69) is 44.9 Å². The molecule has 0 saturated heterocycles. The lowest BCUT2D eigenvalue weighted by Gasteiger charge is -2.18. The second-order valence-electron chi connectivity index (χ2n) is 4.85. The van der Waals surface area contributed by atoms with Crippen molar-refractivity contribution >= 4 is 0 Å². The summed E-state index contributed by atoms with van der Waals surface area (Å²) in [6, 6.07) is 0. The predicted molar refractivity (Wildman–Crippen MR) is 53.8 cm³/mol. The lowest BCUT2D eigenvalue weighted by Crippen LogP contribution is -2.16. The first-order valence-corrected chi connectivity index (χ1v) is 4.74. The first-order valence-electron chi connectivity index (χ1n) is 4.74. The van der Waals surface area contributed by atoms with Gasteiger partial charge in [0.1, 0.15) is 0 Å². The van der Waals surface area contributed by atoms with E-state index in [1.54, 1.807) is 0 Å². The van der Waals surface area contributed by atoms with Gasteiger partial charge in [0, 0.05) is 12.5 Å². The molecule has 0 N–H and O–H groups in total. The van der Waals surface area contributed by atoms with Crippen LogP contribution in [-0.4, -0.2) is 15.0 Å². The van der Waals surface area contributed by atoms with Crippen LogP contribution in [0.15, 0.2) is 0 Å². The number of aryl methyl sites for hydroxylation is 1. The van der Waals surface area contributed by atoms with Crippen LogP contribution in [0, 0.1) is 0 Å². The van der Waals surface area contributed by atoms with E-state index in [1.165, 1.54) is 5.69 Å². The van der Waals surface area contributed by atoms with Gasteiger partial charge in [-0.3, -0.25) is 4.68 Å². The van der Waals surface area contributed by atoms with Gasteiger partial charge in [-0.15, -0.1) is 5.10 Å². The number of rotatable bonds is 1. The van der Waals surface area contributed by atoms with E-state index in [-0.39, 0.29) is 5.41 Å². The number of hydrogen-bond donors (Lipinski definition) is 0. The molecule has 0 aliphatic heterocycles. The van der Waals surface area contributed by atoms with Crippen molar-refractivity contribution in [3.63, 3.8) is 0 Å². The molecule has 1 aromatic rings. The molecule has 3 heteroatoms. The Labute approximate surface area is 80.1 Å². The molecule has 0 bridgehead atoms. The van der Waals surface area contributed by atoms with Crippen molar-refractivity contribution in [2.45, 2.75) is 46.0 Å². The minimum Gasteiger partial charge on any atom is -0.252 e. The molecule has 0 atom stereocenters. The molecule has 0 aliphatic rings. The van der Waals surface area contributed by atoms with Crippen LogP contribution in [0.25, 0.3) is 0 Å². The maximum atomic E-state index is 4.22. The fraction of sp³-hybridized carbons (Fsp3) is 0.800. The molecule has 1 aromatic heterocycles. The minimum absolute atomic E-state index is 0.0911. The van der Waals surface area contributed by atoms with Crippen LogP contribution in [-0.2, 0) is 12.5 Å². The molecule has 0 radical (unpaired) electrons. The zero-order valence-corrected chi connectivity index (χ0v) is 9.42. The van der Waals surface area contributed by atoms with Gasteiger partial charge in [-0.05, 0) is 5.92 Å². The smallest absolute Gasteiger partial charge is 0.0914 e. The molecule has 0 aromatic carbocycles. The highest BCUT2D eigenvalue weighted by molar-refractivity contribution is 5.21. The largest absolute Gasteiger partial charge is 0.252 e. The van der Waals surface area contributed by atoms with E-state index in [4.69, 9.17) is 0 Å². The molecule has 74 valence electrons. The third-order valence-electron chi connectivity index (χ3n) is 2.13. The first kappa shape index (κ1) is 10.2. The maximum Gasteiger partial charge on any atom is 0.0914 e. The van der Waals surface area contributed by atoms with E-state index in [0.29, 0.717) is 5.92 Å². The van der Waals surface area contributed by atoms with E-state index >= 15 is 0 Å². The average molecular weight is 181 g/mol. The van der Waals surface area contributed by atoms with E-state index in [0.717, 1.165) is 5.69 Å². The zero-order valence-electron chi connectivity index (χ0n) is 9.42. The third kappa shape index (κ3) is 1.90. The first-order chi connectivity index (χ1) is 5.84. The van der Waals surface area contributed by atoms with Crippen LogP contribution in [0.2, 0.25) is 0 Å². The van der Waals surface area contributed by atoms with Gasteiger partial charge >= 0.3 is 0 Å². The summed E-state index contributed by atoms with van der Waals surface area (Å²) >= 11 is 0. The summed E-state index contributed by atoms with van der Waals surface area (Å²) in [5.74, 6) is 0.481. The Morgan fingerprint density at radius 1 is 1.23 bits per heavy atom. The molecule has 0 fully saturated rings. The molecule has 0 unspecified atom stereocenters. The molecule has 3 nitrogen and oxygen atoms in total. The Bertz CT molecular complexity index is 292. The second kappa shape index (κ2) is 3.13. The quantitative estimate of drug-likeness (QED) is 0.665. The Morgan fingerprint density at radius 2 is 1.77 bits per heavy atom. The normalized spacial score (nSPS) is 12.5. The number of hydrogen-bond acceptors (Lipinski definition) is 2. The Kier molecular flexibility index (Phi) is 2.46. The Balaban J connectivity index is 3.23. The summed E-state index contributed by atoms with van der Waals surface area (Å²) in [6.45, 7) is 10.9. The van der Waals surface area contributed by atoms with Gasteiger partial charge in [-0.1, -0.05) is 39.8 Å². The summed E-state index contributed by atoms with van der Waals surface area (Å²) in [5.41, 5.74) is 2.45. The van der Waals surface area contributed by atoms with Crippen LogP contribution in [0.1, 0.15) is 51.9 Å². The molecule has 1 heterocycles. The molecule has 1 rings (SSSR count). The average Bonchev–Trinajstić information content (AvgIpc) is 2.28. The molecular weight excluding hydrogens is 162 g/mol. The number of nitrogens with zero attached hydrogens (tertiary/aromatic N) is 3. The van der Waals surface area contributed by atoms with Crippen LogP contribution in [0.3, 0.4) is 0 Å². The fourth-order valence-electron chi connectivity index (χ4n) is 1.55. The van der Waals surface area contributed by atoms with E-state index in [9.17, 15) is 0 Å². The lowest BCUT2D eigenvalue weighted by atomic mass is 9.88. The number of aromatic nitrogens is 3.